The molecule has 0 N–H and O–H groups in total. The van der Waals surface area contributed by atoms with E-state index in [2.05, 4.69) is 0 Å². The van der Waals surface area contributed by atoms with Gasteiger partial charge >= 0.3 is 0 Å². The van der Waals surface area contributed by atoms with E-state index in [0.29, 0.717) is 17.1 Å². The maximum absolute atomic E-state index is 13.1. The van der Waals surface area contributed by atoms with Gasteiger partial charge in [-0.1, -0.05) is 72.8 Å². The summed E-state index contributed by atoms with van der Waals surface area (Å²) in [6.45, 7) is 0.318. The molecule has 1 aliphatic heterocycles. The maximum atomic E-state index is 13.1. The van der Waals surface area contributed by atoms with Gasteiger partial charge in [0.2, 0.25) is 0 Å². The molecule has 1 heterocycles. The molecular formula is C21H17NO2S. The van der Waals surface area contributed by atoms with Gasteiger partial charge in [0.15, 0.2) is 0 Å². The Morgan fingerprint density at radius 2 is 1.32 bits per heavy atom. The number of rotatable bonds is 3. The third-order valence-electron chi connectivity index (χ3n) is 4.34. The van der Waals surface area contributed by atoms with Gasteiger partial charge in [-0.15, -0.1) is 0 Å². The number of anilines is 1. The lowest BCUT2D eigenvalue weighted by atomic mass is 9.94. The summed E-state index contributed by atoms with van der Waals surface area (Å²) in [5.41, 5.74) is 3.80. The predicted octanol–water partition coefficient (Wildman–Crippen LogP) is 4.33. The molecule has 3 nitrogen and oxygen atoms in total. The molecule has 0 atom stereocenters. The number of para-hydroxylation sites is 1. The summed E-state index contributed by atoms with van der Waals surface area (Å²) in [4.78, 5) is 0.307. The Kier molecular flexibility index (Phi) is 3.90. The van der Waals surface area contributed by atoms with E-state index in [4.69, 9.17) is 0 Å². The van der Waals surface area contributed by atoms with Crippen LogP contribution in [0.3, 0.4) is 0 Å². The number of benzene rings is 3. The van der Waals surface area contributed by atoms with Crippen molar-refractivity contribution in [2.45, 2.75) is 4.90 Å². The van der Waals surface area contributed by atoms with E-state index in [9.17, 15) is 8.42 Å². The summed E-state index contributed by atoms with van der Waals surface area (Å²) in [7, 11) is -3.59. The van der Waals surface area contributed by atoms with Crippen LogP contribution in [0, 0.1) is 0 Å². The van der Waals surface area contributed by atoms with E-state index < -0.39 is 10.0 Å². The second-order valence-electron chi connectivity index (χ2n) is 5.85. The third kappa shape index (κ3) is 2.75. The first kappa shape index (κ1) is 15.7. The van der Waals surface area contributed by atoms with Crippen LogP contribution in [0.1, 0.15) is 11.1 Å². The van der Waals surface area contributed by atoms with Gasteiger partial charge in [0.05, 0.1) is 17.1 Å². The molecule has 0 radical (unpaired) electrons. The van der Waals surface area contributed by atoms with Gasteiger partial charge < -0.3 is 0 Å². The third-order valence-corrected chi connectivity index (χ3v) is 6.13. The predicted molar refractivity (Wildman–Crippen MR) is 101 cm³/mol. The molecule has 0 amide bonds. The van der Waals surface area contributed by atoms with Crippen molar-refractivity contribution >= 4 is 21.3 Å². The quantitative estimate of drug-likeness (QED) is 0.707. The molecule has 0 unspecified atom stereocenters. The van der Waals surface area contributed by atoms with Gasteiger partial charge in [-0.25, -0.2) is 8.42 Å². The monoisotopic (exact) mass is 347 g/mol. The van der Waals surface area contributed by atoms with Crippen LogP contribution in [0.4, 0.5) is 5.69 Å². The first-order valence-electron chi connectivity index (χ1n) is 8.11. The largest absolute Gasteiger partial charge is 0.264 e. The lowest BCUT2D eigenvalue weighted by Gasteiger charge is -2.30. The van der Waals surface area contributed by atoms with Crippen LogP contribution in [-0.2, 0) is 10.0 Å². The fraction of sp³-hybridized carbons (Fsp3) is 0.0476. The van der Waals surface area contributed by atoms with Crippen LogP contribution in [0.15, 0.2) is 95.9 Å². The molecule has 4 rings (SSSR count). The van der Waals surface area contributed by atoms with Crippen molar-refractivity contribution in [3.8, 4) is 0 Å². The smallest absolute Gasteiger partial charge is 0.262 e. The standard InChI is InChI=1S/C21H17NO2S/c23-25(24,18-11-5-2-6-12-18)22-16-15-19(17-9-3-1-4-10-17)20-13-7-8-14-21(20)22/h1-15H,16H2. The fourth-order valence-electron chi connectivity index (χ4n) is 3.14. The topological polar surface area (TPSA) is 37.4 Å². The second kappa shape index (κ2) is 6.22. The van der Waals surface area contributed by atoms with E-state index in [1.54, 1.807) is 24.3 Å². The number of hydrogen-bond acceptors (Lipinski definition) is 2. The molecule has 4 heteroatoms. The van der Waals surface area contributed by atoms with Gasteiger partial charge in [-0.3, -0.25) is 4.31 Å². The van der Waals surface area contributed by atoms with Crippen molar-refractivity contribution in [1.82, 2.24) is 0 Å². The van der Waals surface area contributed by atoms with Crippen molar-refractivity contribution in [3.63, 3.8) is 0 Å². The number of nitrogens with zero attached hydrogens (tertiary/aromatic N) is 1. The van der Waals surface area contributed by atoms with Crippen LogP contribution in [0.25, 0.3) is 5.57 Å². The summed E-state index contributed by atoms with van der Waals surface area (Å²) in [5.74, 6) is 0. The van der Waals surface area contributed by atoms with Gasteiger partial charge in [0.25, 0.3) is 10.0 Å². The zero-order valence-electron chi connectivity index (χ0n) is 13.5. The van der Waals surface area contributed by atoms with Crippen LogP contribution in [0.2, 0.25) is 0 Å². The first-order chi connectivity index (χ1) is 12.2. The van der Waals surface area contributed by atoms with Crippen molar-refractivity contribution in [2.75, 3.05) is 10.8 Å². The molecular weight excluding hydrogens is 330 g/mol. The van der Waals surface area contributed by atoms with Crippen molar-refractivity contribution in [1.29, 1.82) is 0 Å². The first-order valence-corrected chi connectivity index (χ1v) is 9.55. The summed E-state index contributed by atoms with van der Waals surface area (Å²) >= 11 is 0. The minimum absolute atomic E-state index is 0.307. The van der Waals surface area contributed by atoms with Crippen LogP contribution in [0.5, 0.6) is 0 Å². The summed E-state index contributed by atoms with van der Waals surface area (Å²) < 4.78 is 27.7. The SMILES string of the molecule is O=S(=O)(c1ccccc1)N1CC=C(c2ccccc2)c2ccccc21. The Labute approximate surface area is 147 Å². The molecule has 25 heavy (non-hydrogen) atoms. The zero-order valence-corrected chi connectivity index (χ0v) is 14.4. The molecule has 0 aliphatic carbocycles. The summed E-state index contributed by atoms with van der Waals surface area (Å²) in [5, 5.41) is 0. The van der Waals surface area contributed by atoms with Crippen LogP contribution < -0.4 is 4.31 Å². The second-order valence-corrected chi connectivity index (χ2v) is 7.71. The molecule has 0 saturated heterocycles. The van der Waals surface area contributed by atoms with E-state index >= 15 is 0 Å². The van der Waals surface area contributed by atoms with Crippen molar-refractivity contribution < 1.29 is 8.42 Å². The highest BCUT2D eigenvalue weighted by molar-refractivity contribution is 7.92. The molecule has 0 saturated carbocycles. The number of sulfonamides is 1. The Hall–Kier alpha value is -2.85. The zero-order chi connectivity index (χ0) is 17.3. The van der Waals surface area contributed by atoms with Gasteiger partial charge in [0, 0.05) is 5.56 Å². The molecule has 124 valence electrons. The van der Waals surface area contributed by atoms with Gasteiger partial charge in [0.1, 0.15) is 0 Å². The summed E-state index contributed by atoms with van der Waals surface area (Å²) in [6, 6.07) is 26.3. The molecule has 1 aliphatic rings. The normalized spacial score (nSPS) is 13.9. The number of fused-ring (bicyclic) bond motifs is 1. The molecule has 0 spiro atoms. The molecule has 3 aromatic rings. The van der Waals surface area contributed by atoms with E-state index in [-0.39, 0.29) is 0 Å². The summed E-state index contributed by atoms with van der Waals surface area (Å²) in [6.07, 6.45) is 1.98. The fourth-order valence-corrected chi connectivity index (χ4v) is 4.58. The lowest BCUT2D eigenvalue weighted by molar-refractivity contribution is 0.592. The Morgan fingerprint density at radius 3 is 2.04 bits per heavy atom. The molecule has 0 aromatic heterocycles. The Morgan fingerprint density at radius 1 is 0.720 bits per heavy atom. The minimum atomic E-state index is -3.59. The van der Waals surface area contributed by atoms with Gasteiger partial charge in [-0.2, -0.15) is 0 Å². The molecule has 0 fully saturated rings. The lowest BCUT2D eigenvalue weighted by Crippen LogP contribution is -2.33. The Balaban J connectivity index is 1.84. The van der Waals surface area contributed by atoms with Crippen LogP contribution >= 0.6 is 0 Å². The number of hydrogen-bond donors (Lipinski definition) is 0. The molecule has 0 bridgehead atoms. The van der Waals surface area contributed by atoms with Crippen molar-refractivity contribution in [2.24, 2.45) is 0 Å². The van der Waals surface area contributed by atoms with E-state index in [0.717, 1.165) is 16.7 Å². The maximum Gasteiger partial charge on any atom is 0.264 e. The Bertz CT molecular complexity index is 1030. The highest BCUT2D eigenvalue weighted by atomic mass is 32.2. The highest BCUT2D eigenvalue weighted by Crippen LogP contribution is 2.37. The average Bonchev–Trinajstić information content (AvgIpc) is 2.68. The highest BCUT2D eigenvalue weighted by Gasteiger charge is 2.29. The van der Waals surface area contributed by atoms with E-state index in [1.165, 1.54) is 4.31 Å². The van der Waals surface area contributed by atoms with Crippen molar-refractivity contribution in [3.05, 3.63) is 102 Å². The van der Waals surface area contributed by atoms with Crippen LogP contribution in [-0.4, -0.2) is 15.0 Å². The van der Waals surface area contributed by atoms with Gasteiger partial charge in [-0.05, 0) is 29.3 Å². The minimum Gasteiger partial charge on any atom is -0.262 e. The molecule has 3 aromatic carbocycles. The average molecular weight is 347 g/mol. The van der Waals surface area contributed by atoms with E-state index in [1.807, 2.05) is 66.7 Å².